The summed E-state index contributed by atoms with van der Waals surface area (Å²) in [6, 6.07) is 17.5. The lowest BCUT2D eigenvalue weighted by molar-refractivity contribution is -0.692. The third-order valence-corrected chi connectivity index (χ3v) is 4.32. The molecule has 2 rings (SSSR count). The Labute approximate surface area is 154 Å². The number of hydrogen-bond donors (Lipinski definition) is 2. The third kappa shape index (κ3) is 5.70. The summed E-state index contributed by atoms with van der Waals surface area (Å²) < 4.78 is 4.67. The van der Waals surface area contributed by atoms with Gasteiger partial charge in [0.1, 0.15) is 6.04 Å². The minimum absolute atomic E-state index is 0.0105. The summed E-state index contributed by atoms with van der Waals surface area (Å²) in [7, 11) is 1.35. The lowest BCUT2D eigenvalue weighted by Gasteiger charge is -2.19. The van der Waals surface area contributed by atoms with Gasteiger partial charge in [0.15, 0.2) is 6.54 Å². The molecule has 0 saturated carbocycles. The highest BCUT2D eigenvalue weighted by molar-refractivity contribution is 5.89. The van der Waals surface area contributed by atoms with Crippen molar-refractivity contribution in [2.75, 3.05) is 13.7 Å². The van der Waals surface area contributed by atoms with E-state index in [0.717, 1.165) is 5.56 Å². The summed E-state index contributed by atoms with van der Waals surface area (Å²) in [4.78, 5) is 23.6. The van der Waals surface area contributed by atoms with Crippen molar-refractivity contribution < 1.29 is 19.6 Å². The highest BCUT2D eigenvalue weighted by atomic mass is 16.5. The van der Waals surface area contributed by atoms with Gasteiger partial charge in [-0.05, 0) is 17.7 Å². The van der Waals surface area contributed by atoms with E-state index in [9.17, 15) is 9.59 Å². The van der Waals surface area contributed by atoms with Gasteiger partial charge in [0.05, 0.1) is 12.7 Å². The van der Waals surface area contributed by atoms with E-state index in [0.29, 0.717) is 24.6 Å². The van der Waals surface area contributed by atoms with Crippen molar-refractivity contribution in [2.24, 2.45) is 5.92 Å². The van der Waals surface area contributed by atoms with Gasteiger partial charge in [-0.1, -0.05) is 56.3 Å². The van der Waals surface area contributed by atoms with Crippen molar-refractivity contribution >= 4 is 11.9 Å². The van der Waals surface area contributed by atoms with Crippen LogP contribution in [-0.4, -0.2) is 25.5 Å². The Bertz CT molecular complexity index is 712. The summed E-state index contributed by atoms with van der Waals surface area (Å²) in [6.07, 6.45) is 0. The van der Waals surface area contributed by atoms with Gasteiger partial charge in [-0.3, -0.25) is 4.79 Å². The first kappa shape index (κ1) is 19.7. The molecule has 138 valence electrons. The molecule has 2 aromatic rings. The number of carbonyl (C=O) groups is 2. The molecule has 0 aliphatic rings. The molecule has 1 amide bonds. The van der Waals surface area contributed by atoms with E-state index in [4.69, 9.17) is 0 Å². The van der Waals surface area contributed by atoms with Gasteiger partial charge < -0.3 is 15.4 Å². The van der Waals surface area contributed by atoms with Gasteiger partial charge in [0, 0.05) is 18.0 Å². The first-order valence-electron chi connectivity index (χ1n) is 8.83. The number of esters is 1. The highest BCUT2D eigenvalue weighted by Crippen LogP contribution is 2.16. The first-order valence-corrected chi connectivity index (χ1v) is 8.83. The van der Waals surface area contributed by atoms with Crippen LogP contribution in [0, 0.1) is 5.92 Å². The number of amides is 1. The number of benzene rings is 2. The lowest BCUT2D eigenvalue weighted by atomic mass is 9.96. The zero-order chi connectivity index (χ0) is 18.9. The van der Waals surface area contributed by atoms with Gasteiger partial charge in [-0.15, -0.1) is 0 Å². The van der Waals surface area contributed by atoms with Crippen molar-refractivity contribution in [3.8, 4) is 0 Å². The molecule has 3 N–H and O–H groups in total. The summed E-state index contributed by atoms with van der Waals surface area (Å²) >= 11 is 0. The fourth-order valence-corrected chi connectivity index (χ4v) is 2.85. The van der Waals surface area contributed by atoms with Crippen LogP contribution in [-0.2, 0) is 16.1 Å². The fraction of sp³-hybridized carbons (Fsp3) is 0.333. The van der Waals surface area contributed by atoms with E-state index in [-0.39, 0.29) is 17.9 Å². The Hall–Kier alpha value is -2.66. The molecule has 0 saturated heterocycles. The standard InChI is InChI=1S/C21H26N2O3/c1-15(2)20(17-7-5-4-6-8-17)23-14-19(24)22-13-16-9-11-18(12-10-16)21(25)26-3/h4-12,15,20,23H,13-14H2,1-3H3,(H,22,24)/p+1/t20-/m1/s1. The molecule has 5 nitrogen and oxygen atoms in total. The predicted octanol–water partition coefficient (Wildman–Crippen LogP) is 2.05. The molecular formula is C21H27N2O3+. The molecule has 0 aliphatic carbocycles. The molecule has 0 fully saturated rings. The fourth-order valence-electron chi connectivity index (χ4n) is 2.85. The van der Waals surface area contributed by atoms with Gasteiger partial charge >= 0.3 is 5.97 Å². The van der Waals surface area contributed by atoms with Crippen molar-refractivity contribution in [1.82, 2.24) is 5.32 Å². The lowest BCUT2D eigenvalue weighted by Crippen LogP contribution is -2.88. The number of hydrogen-bond acceptors (Lipinski definition) is 3. The summed E-state index contributed by atoms with van der Waals surface area (Å²) in [5, 5.41) is 5.00. The van der Waals surface area contributed by atoms with E-state index in [1.165, 1.54) is 12.7 Å². The van der Waals surface area contributed by atoms with Crippen LogP contribution >= 0.6 is 0 Å². The smallest absolute Gasteiger partial charge is 0.337 e. The van der Waals surface area contributed by atoms with E-state index in [1.54, 1.807) is 12.1 Å². The maximum absolute atomic E-state index is 12.2. The Morgan fingerprint density at radius 2 is 1.69 bits per heavy atom. The molecule has 0 unspecified atom stereocenters. The highest BCUT2D eigenvalue weighted by Gasteiger charge is 2.20. The quantitative estimate of drug-likeness (QED) is 0.712. The molecule has 26 heavy (non-hydrogen) atoms. The number of nitrogens with two attached hydrogens (primary N) is 1. The van der Waals surface area contributed by atoms with E-state index < -0.39 is 0 Å². The summed E-state index contributed by atoms with van der Waals surface area (Å²) in [5.41, 5.74) is 2.67. The zero-order valence-electron chi connectivity index (χ0n) is 15.6. The maximum Gasteiger partial charge on any atom is 0.337 e. The molecule has 0 heterocycles. The Kier molecular flexibility index (Phi) is 7.36. The Morgan fingerprint density at radius 3 is 2.27 bits per heavy atom. The predicted molar refractivity (Wildman–Crippen MR) is 100 cm³/mol. The average Bonchev–Trinajstić information content (AvgIpc) is 2.67. The van der Waals surface area contributed by atoms with Crippen LogP contribution in [0.5, 0.6) is 0 Å². The van der Waals surface area contributed by atoms with Gasteiger partial charge in [-0.25, -0.2) is 4.79 Å². The van der Waals surface area contributed by atoms with Crippen LogP contribution in [0.25, 0.3) is 0 Å². The number of ether oxygens (including phenoxy) is 1. The Morgan fingerprint density at radius 1 is 1.04 bits per heavy atom. The molecule has 0 spiro atoms. The van der Waals surface area contributed by atoms with Crippen LogP contribution in [0.4, 0.5) is 0 Å². The maximum atomic E-state index is 12.2. The van der Waals surface area contributed by atoms with Crippen LogP contribution < -0.4 is 10.6 Å². The number of nitrogens with one attached hydrogen (secondary N) is 1. The number of carbonyl (C=O) groups excluding carboxylic acids is 2. The molecule has 0 radical (unpaired) electrons. The van der Waals surface area contributed by atoms with Crippen LogP contribution in [0.1, 0.15) is 41.4 Å². The third-order valence-electron chi connectivity index (χ3n) is 4.32. The van der Waals surface area contributed by atoms with E-state index in [1.807, 2.05) is 30.3 Å². The average molecular weight is 355 g/mol. The molecular weight excluding hydrogens is 328 g/mol. The topological polar surface area (TPSA) is 72.0 Å². The number of quaternary nitrogens is 1. The molecule has 5 heteroatoms. The second kappa shape index (κ2) is 9.73. The van der Waals surface area contributed by atoms with Crippen LogP contribution in [0.3, 0.4) is 0 Å². The van der Waals surface area contributed by atoms with Crippen molar-refractivity contribution in [3.63, 3.8) is 0 Å². The van der Waals surface area contributed by atoms with Crippen LogP contribution in [0.2, 0.25) is 0 Å². The van der Waals surface area contributed by atoms with Crippen molar-refractivity contribution in [3.05, 3.63) is 71.3 Å². The van der Waals surface area contributed by atoms with E-state index in [2.05, 4.69) is 41.4 Å². The van der Waals surface area contributed by atoms with Gasteiger partial charge in [0.25, 0.3) is 5.91 Å². The molecule has 0 bridgehead atoms. The molecule has 0 aliphatic heterocycles. The van der Waals surface area contributed by atoms with Gasteiger partial charge in [0.2, 0.25) is 0 Å². The molecule has 1 atom stereocenters. The monoisotopic (exact) mass is 355 g/mol. The van der Waals surface area contributed by atoms with Crippen molar-refractivity contribution in [2.45, 2.75) is 26.4 Å². The minimum atomic E-state index is -0.365. The summed E-state index contributed by atoms with van der Waals surface area (Å²) in [6.45, 7) is 5.13. The second-order valence-corrected chi connectivity index (χ2v) is 6.59. The first-order chi connectivity index (χ1) is 12.5. The normalized spacial score (nSPS) is 11.8. The largest absolute Gasteiger partial charge is 0.465 e. The molecule has 0 aromatic heterocycles. The molecule has 2 aromatic carbocycles. The van der Waals surface area contributed by atoms with E-state index >= 15 is 0 Å². The SMILES string of the molecule is COC(=O)c1ccc(CNC(=O)C[NH2+][C@@H](c2ccccc2)C(C)C)cc1. The minimum Gasteiger partial charge on any atom is -0.465 e. The zero-order valence-corrected chi connectivity index (χ0v) is 15.6. The Balaban J connectivity index is 1.83. The number of rotatable bonds is 8. The van der Waals surface area contributed by atoms with Gasteiger partial charge in [-0.2, -0.15) is 0 Å². The summed E-state index contributed by atoms with van der Waals surface area (Å²) in [5.74, 6) is 0.0514. The van der Waals surface area contributed by atoms with Crippen molar-refractivity contribution in [1.29, 1.82) is 0 Å². The number of methoxy groups -OCH3 is 1. The van der Waals surface area contributed by atoms with Crippen LogP contribution in [0.15, 0.2) is 54.6 Å². The second-order valence-electron chi connectivity index (χ2n) is 6.59.